The van der Waals surface area contributed by atoms with Gasteiger partial charge in [0.25, 0.3) is 5.91 Å². The minimum Gasteiger partial charge on any atom is -0.467 e. The van der Waals surface area contributed by atoms with Gasteiger partial charge in [-0.2, -0.15) is 0 Å². The summed E-state index contributed by atoms with van der Waals surface area (Å²) in [7, 11) is 0. The molecule has 1 saturated heterocycles. The first kappa shape index (κ1) is 18.2. The average Bonchev–Trinajstić information content (AvgIpc) is 3.40. The van der Waals surface area contributed by atoms with E-state index in [1.807, 2.05) is 0 Å². The first-order valence-corrected chi connectivity index (χ1v) is 9.01. The van der Waals surface area contributed by atoms with Gasteiger partial charge in [-0.15, -0.1) is 5.10 Å². The topological polar surface area (TPSA) is 87.6 Å². The molecule has 0 spiro atoms. The zero-order valence-corrected chi connectivity index (χ0v) is 15.1. The molecule has 9 heteroatoms. The van der Waals surface area contributed by atoms with Gasteiger partial charge in [0, 0.05) is 31.9 Å². The van der Waals surface area contributed by atoms with Gasteiger partial charge in [0.2, 0.25) is 0 Å². The fourth-order valence-corrected chi connectivity index (χ4v) is 3.22. The quantitative estimate of drug-likeness (QED) is 0.719. The van der Waals surface area contributed by atoms with E-state index in [0.29, 0.717) is 31.9 Å². The molecule has 0 saturated carbocycles. The molecule has 1 atom stereocenters. The van der Waals surface area contributed by atoms with Crippen LogP contribution in [0.25, 0.3) is 0 Å². The Bertz CT molecular complexity index is 917. The Morgan fingerprint density at radius 2 is 1.93 bits per heavy atom. The van der Waals surface area contributed by atoms with Crippen LogP contribution >= 0.6 is 0 Å². The number of rotatable bonds is 5. The van der Waals surface area contributed by atoms with Crippen molar-refractivity contribution in [2.45, 2.75) is 12.6 Å². The smallest absolute Gasteiger partial charge is 0.276 e. The summed E-state index contributed by atoms with van der Waals surface area (Å²) < 4.78 is 19.6. The number of carbonyl (C=O) groups excluding carboxylic acids is 1. The highest BCUT2D eigenvalue weighted by atomic mass is 19.1. The van der Waals surface area contributed by atoms with Crippen molar-refractivity contribution >= 4 is 11.6 Å². The van der Waals surface area contributed by atoms with Crippen LogP contribution in [0.1, 0.15) is 22.4 Å². The normalized spacial score (nSPS) is 15.6. The number of hydrogen-bond acceptors (Lipinski definition) is 6. The van der Waals surface area contributed by atoms with E-state index < -0.39 is 6.10 Å². The van der Waals surface area contributed by atoms with Gasteiger partial charge in [-0.25, -0.2) is 9.07 Å². The van der Waals surface area contributed by atoms with Gasteiger partial charge in [-0.3, -0.25) is 4.79 Å². The van der Waals surface area contributed by atoms with Crippen molar-refractivity contribution in [1.29, 1.82) is 0 Å². The second-order valence-electron chi connectivity index (χ2n) is 6.61. The van der Waals surface area contributed by atoms with E-state index in [1.54, 1.807) is 29.2 Å². The number of anilines is 1. The average molecular weight is 385 g/mol. The third-order valence-corrected chi connectivity index (χ3v) is 4.75. The lowest BCUT2D eigenvalue weighted by molar-refractivity contribution is 0.0740. The van der Waals surface area contributed by atoms with Crippen LogP contribution in [0, 0.1) is 5.82 Å². The fourth-order valence-electron chi connectivity index (χ4n) is 3.22. The predicted octanol–water partition coefficient (Wildman–Crippen LogP) is 1.71. The lowest BCUT2D eigenvalue weighted by atomic mass is 10.2. The summed E-state index contributed by atoms with van der Waals surface area (Å²) in [5.74, 6) is -0.0319. The summed E-state index contributed by atoms with van der Waals surface area (Å²) in [5.41, 5.74) is 1.17. The number of aromatic nitrogens is 3. The first-order chi connectivity index (χ1) is 13.6. The molecule has 0 radical (unpaired) electrons. The Kier molecular flexibility index (Phi) is 5.07. The Labute approximate surface area is 160 Å². The van der Waals surface area contributed by atoms with Gasteiger partial charge in [-0.1, -0.05) is 5.21 Å². The molecule has 8 nitrogen and oxygen atoms in total. The first-order valence-electron chi connectivity index (χ1n) is 9.01. The largest absolute Gasteiger partial charge is 0.467 e. The van der Waals surface area contributed by atoms with Gasteiger partial charge in [0.15, 0.2) is 5.69 Å². The third kappa shape index (κ3) is 3.89. The minimum absolute atomic E-state index is 0.145. The zero-order chi connectivity index (χ0) is 19.5. The van der Waals surface area contributed by atoms with E-state index in [-0.39, 0.29) is 24.0 Å². The van der Waals surface area contributed by atoms with E-state index >= 15 is 0 Å². The second-order valence-corrected chi connectivity index (χ2v) is 6.61. The number of hydrogen-bond donors (Lipinski definition) is 1. The van der Waals surface area contributed by atoms with Crippen molar-refractivity contribution in [3.63, 3.8) is 0 Å². The highest BCUT2D eigenvalue weighted by Crippen LogP contribution is 2.18. The van der Waals surface area contributed by atoms with Crippen molar-refractivity contribution in [3.8, 4) is 0 Å². The number of nitrogens with zero attached hydrogens (tertiary/aromatic N) is 5. The van der Waals surface area contributed by atoms with Crippen LogP contribution in [0.5, 0.6) is 0 Å². The maximum atomic E-state index is 13.1. The number of halogens is 1. The van der Waals surface area contributed by atoms with E-state index in [4.69, 9.17) is 4.42 Å². The van der Waals surface area contributed by atoms with Crippen molar-refractivity contribution in [3.05, 3.63) is 66.1 Å². The molecule has 1 aliphatic rings. The molecule has 146 valence electrons. The Hall–Kier alpha value is -3.20. The molecule has 1 N–H and O–H groups in total. The van der Waals surface area contributed by atoms with Crippen LogP contribution in [0.2, 0.25) is 0 Å². The van der Waals surface area contributed by atoms with E-state index in [0.717, 1.165) is 5.69 Å². The number of aliphatic hydroxyl groups is 1. The summed E-state index contributed by atoms with van der Waals surface area (Å²) in [6.07, 6.45) is 2.15. The summed E-state index contributed by atoms with van der Waals surface area (Å²) in [6, 6.07) is 9.71. The monoisotopic (exact) mass is 385 g/mol. The standard InChI is InChI=1S/C19H20FN5O3/c20-14-3-5-15(6-4-14)23-7-9-24(10-8-23)19(27)16-12-25(22-21-16)13-17(26)18-2-1-11-28-18/h1-6,11-12,17,26H,7-10,13H2. The Morgan fingerprint density at radius 1 is 1.18 bits per heavy atom. The highest BCUT2D eigenvalue weighted by molar-refractivity contribution is 5.92. The van der Waals surface area contributed by atoms with Crippen LogP contribution in [0.15, 0.2) is 53.3 Å². The van der Waals surface area contributed by atoms with Crippen LogP contribution in [0.3, 0.4) is 0 Å². The van der Waals surface area contributed by atoms with Gasteiger partial charge >= 0.3 is 0 Å². The van der Waals surface area contributed by atoms with E-state index in [2.05, 4.69) is 15.2 Å². The van der Waals surface area contributed by atoms with Crippen LogP contribution in [0.4, 0.5) is 10.1 Å². The summed E-state index contributed by atoms with van der Waals surface area (Å²) in [4.78, 5) is 16.5. The van der Waals surface area contributed by atoms with Crippen LogP contribution in [-0.2, 0) is 6.54 Å². The highest BCUT2D eigenvalue weighted by Gasteiger charge is 2.24. The van der Waals surface area contributed by atoms with E-state index in [9.17, 15) is 14.3 Å². The summed E-state index contributed by atoms with van der Waals surface area (Å²) in [5, 5.41) is 18.0. The van der Waals surface area contributed by atoms with Crippen molar-refractivity contribution in [1.82, 2.24) is 19.9 Å². The molecular weight excluding hydrogens is 365 g/mol. The molecule has 28 heavy (non-hydrogen) atoms. The molecule has 0 bridgehead atoms. The number of amides is 1. The zero-order valence-electron chi connectivity index (χ0n) is 15.1. The maximum Gasteiger partial charge on any atom is 0.276 e. The molecule has 2 aromatic heterocycles. The lowest BCUT2D eigenvalue weighted by Gasteiger charge is -2.35. The summed E-state index contributed by atoms with van der Waals surface area (Å²) in [6.45, 7) is 2.54. The SMILES string of the molecule is O=C(c1cn(CC(O)c2ccco2)nn1)N1CCN(c2ccc(F)cc2)CC1. The molecule has 1 aromatic carbocycles. The molecule has 4 rings (SSSR count). The minimum atomic E-state index is -0.862. The lowest BCUT2D eigenvalue weighted by Crippen LogP contribution is -2.48. The predicted molar refractivity (Wildman–Crippen MR) is 98.2 cm³/mol. The molecule has 1 unspecified atom stereocenters. The second kappa shape index (κ2) is 7.81. The van der Waals surface area contributed by atoms with Crippen molar-refractivity contribution in [2.75, 3.05) is 31.1 Å². The molecule has 1 amide bonds. The molecule has 0 aliphatic carbocycles. The Balaban J connectivity index is 1.34. The molecular formula is C19H20FN5O3. The number of piperazine rings is 1. The fraction of sp³-hybridized carbons (Fsp3) is 0.316. The number of aliphatic hydroxyl groups excluding tert-OH is 1. The third-order valence-electron chi connectivity index (χ3n) is 4.75. The van der Waals surface area contributed by atoms with Crippen LogP contribution < -0.4 is 4.90 Å². The molecule has 3 aromatic rings. The van der Waals surface area contributed by atoms with Gasteiger partial charge in [0.05, 0.1) is 19.0 Å². The van der Waals surface area contributed by atoms with Crippen LogP contribution in [-0.4, -0.2) is 57.1 Å². The number of carbonyl (C=O) groups is 1. The van der Waals surface area contributed by atoms with Crippen molar-refractivity contribution in [2.24, 2.45) is 0 Å². The molecule has 3 heterocycles. The van der Waals surface area contributed by atoms with Crippen molar-refractivity contribution < 1.29 is 18.7 Å². The maximum absolute atomic E-state index is 13.1. The van der Waals surface area contributed by atoms with Gasteiger partial charge in [-0.05, 0) is 36.4 Å². The van der Waals surface area contributed by atoms with E-state index in [1.165, 1.54) is 29.3 Å². The summed E-state index contributed by atoms with van der Waals surface area (Å²) >= 11 is 0. The number of furan rings is 1. The van der Waals surface area contributed by atoms with Gasteiger partial charge < -0.3 is 19.3 Å². The molecule has 1 fully saturated rings. The molecule has 1 aliphatic heterocycles. The van der Waals surface area contributed by atoms with Gasteiger partial charge in [0.1, 0.15) is 17.7 Å². The Morgan fingerprint density at radius 3 is 2.61 bits per heavy atom. The number of benzene rings is 1.